The molecule has 0 aliphatic carbocycles. The maximum Gasteiger partial charge on any atom is 0.291 e. The zero-order valence-electron chi connectivity index (χ0n) is 20.0. The van der Waals surface area contributed by atoms with Crippen molar-refractivity contribution < 1.29 is 4.74 Å². The molecule has 9 heteroatoms. The fraction of sp³-hybridized carbons (Fsp3) is 0.0345. The van der Waals surface area contributed by atoms with Crippen LogP contribution in [0, 0.1) is 0 Å². The van der Waals surface area contributed by atoms with Gasteiger partial charge < -0.3 is 4.74 Å². The lowest BCUT2D eigenvalue weighted by Crippen LogP contribution is -2.23. The molecule has 0 aliphatic rings. The summed E-state index contributed by atoms with van der Waals surface area (Å²) in [5, 5.41) is 9.92. The van der Waals surface area contributed by atoms with E-state index in [0.29, 0.717) is 26.9 Å². The van der Waals surface area contributed by atoms with Crippen LogP contribution in [0.4, 0.5) is 0 Å². The van der Waals surface area contributed by atoms with Crippen LogP contribution in [0.3, 0.4) is 0 Å². The average Bonchev–Trinajstić information content (AvgIpc) is 3.64. The molecule has 0 amide bonds. The molecular formula is C29H20ClN5O2S. The predicted molar refractivity (Wildman–Crippen MR) is 151 cm³/mol. The van der Waals surface area contributed by atoms with E-state index in [1.54, 1.807) is 18.2 Å². The van der Waals surface area contributed by atoms with Crippen molar-refractivity contribution in [2.75, 3.05) is 6.61 Å². The smallest absolute Gasteiger partial charge is 0.291 e. The molecule has 0 N–H and O–H groups in total. The van der Waals surface area contributed by atoms with Gasteiger partial charge in [0.25, 0.3) is 5.56 Å². The van der Waals surface area contributed by atoms with Crippen molar-refractivity contribution in [3.8, 4) is 34.1 Å². The number of rotatable bonds is 7. The molecule has 0 atom stereocenters. The van der Waals surface area contributed by atoms with Gasteiger partial charge in [-0.1, -0.05) is 53.8 Å². The lowest BCUT2D eigenvalue weighted by atomic mass is 10.1. The second-order valence-electron chi connectivity index (χ2n) is 8.39. The molecule has 0 fully saturated rings. The van der Waals surface area contributed by atoms with Gasteiger partial charge in [-0.15, -0.1) is 5.10 Å². The van der Waals surface area contributed by atoms with Crippen LogP contribution in [-0.4, -0.2) is 31.0 Å². The molecule has 3 aromatic carbocycles. The summed E-state index contributed by atoms with van der Waals surface area (Å²) in [6.45, 7) is 4.12. The Bertz CT molecular complexity index is 1860. The van der Waals surface area contributed by atoms with Crippen molar-refractivity contribution in [3.05, 3.63) is 123 Å². The van der Waals surface area contributed by atoms with Crippen molar-refractivity contribution in [2.45, 2.75) is 0 Å². The minimum Gasteiger partial charge on any atom is -0.490 e. The summed E-state index contributed by atoms with van der Waals surface area (Å²) < 4.78 is 9.29. The Hall–Kier alpha value is -4.53. The van der Waals surface area contributed by atoms with Crippen LogP contribution in [0.2, 0.25) is 5.02 Å². The molecule has 6 aromatic rings. The highest BCUT2D eigenvalue weighted by Gasteiger charge is 2.15. The summed E-state index contributed by atoms with van der Waals surface area (Å²) in [7, 11) is 0. The van der Waals surface area contributed by atoms with E-state index < -0.39 is 0 Å². The number of ether oxygens (including phenoxy) is 1. The molecule has 0 saturated carbocycles. The zero-order valence-corrected chi connectivity index (χ0v) is 21.6. The second-order valence-corrected chi connectivity index (χ2v) is 9.84. The maximum atomic E-state index is 13.3. The molecule has 0 bridgehead atoms. The highest BCUT2D eigenvalue weighted by Crippen LogP contribution is 2.27. The molecule has 0 spiro atoms. The van der Waals surface area contributed by atoms with Crippen LogP contribution in [0.5, 0.6) is 5.75 Å². The summed E-state index contributed by atoms with van der Waals surface area (Å²) in [5.74, 6) is 1.22. The molecule has 0 unspecified atom stereocenters. The first-order valence-corrected chi connectivity index (χ1v) is 12.9. The zero-order chi connectivity index (χ0) is 26.1. The SMILES string of the molecule is C=CCOc1ccc(-c2nn(-c3ccccc3)cc2C=c2sc3nc(-c4ccc(Cl)cc4)nn3c2=O)cc1. The summed E-state index contributed by atoms with van der Waals surface area (Å²) in [6.07, 6.45) is 5.46. The first-order valence-electron chi connectivity index (χ1n) is 11.8. The summed E-state index contributed by atoms with van der Waals surface area (Å²) >= 11 is 7.28. The van der Waals surface area contributed by atoms with E-state index in [4.69, 9.17) is 21.4 Å². The highest BCUT2D eigenvalue weighted by atomic mass is 35.5. The third-order valence-corrected chi connectivity index (χ3v) is 7.04. The van der Waals surface area contributed by atoms with Crippen molar-refractivity contribution in [3.63, 3.8) is 0 Å². The van der Waals surface area contributed by atoms with E-state index in [-0.39, 0.29) is 5.56 Å². The standard InChI is InChI=1S/C29H20ClN5O2S/c1-2-16-37-24-14-10-19(11-15-24)26-21(18-34(32-26)23-6-4-3-5-7-23)17-25-28(36)35-29(38-25)31-27(33-35)20-8-12-22(30)13-9-20/h2-15,17-18H,1,16H2. The number of para-hydroxylation sites is 1. The lowest BCUT2D eigenvalue weighted by molar-refractivity contribution is 0.363. The molecule has 3 heterocycles. The van der Waals surface area contributed by atoms with Crippen molar-refractivity contribution in [2.24, 2.45) is 0 Å². The summed E-state index contributed by atoms with van der Waals surface area (Å²) in [5.41, 5.74) is 3.91. The van der Waals surface area contributed by atoms with E-state index in [2.05, 4.69) is 16.7 Å². The molecule has 0 radical (unpaired) electrons. The van der Waals surface area contributed by atoms with Gasteiger partial charge in [0.1, 0.15) is 18.1 Å². The number of thiazole rings is 1. The van der Waals surface area contributed by atoms with Crippen molar-refractivity contribution in [1.29, 1.82) is 0 Å². The fourth-order valence-corrected chi connectivity index (χ4v) is 5.02. The van der Waals surface area contributed by atoms with Gasteiger partial charge in [0.05, 0.1) is 10.2 Å². The van der Waals surface area contributed by atoms with Crippen LogP contribution in [0.25, 0.3) is 39.4 Å². The van der Waals surface area contributed by atoms with Crippen LogP contribution in [0.15, 0.2) is 103 Å². The summed E-state index contributed by atoms with van der Waals surface area (Å²) in [4.78, 5) is 18.4. The Morgan fingerprint density at radius 1 is 0.947 bits per heavy atom. The van der Waals surface area contributed by atoms with Gasteiger partial charge in [-0.05, 0) is 66.7 Å². The number of nitrogens with zero attached hydrogens (tertiary/aromatic N) is 5. The molecule has 38 heavy (non-hydrogen) atoms. The van der Waals surface area contributed by atoms with E-state index in [1.807, 2.05) is 83.7 Å². The van der Waals surface area contributed by atoms with Crippen LogP contribution in [-0.2, 0) is 0 Å². The van der Waals surface area contributed by atoms with Gasteiger partial charge in [-0.3, -0.25) is 4.79 Å². The van der Waals surface area contributed by atoms with E-state index >= 15 is 0 Å². The van der Waals surface area contributed by atoms with E-state index in [9.17, 15) is 4.79 Å². The quantitative estimate of drug-likeness (QED) is 0.254. The van der Waals surface area contributed by atoms with Crippen LogP contribution < -0.4 is 14.8 Å². The topological polar surface area (TPSA) is 74.3 Å². The average molecular weight is 538 g/mol. The molecule has 3 aromatic heterocycles. The van der Waals surface area contributed by atoms with E-state index in [0.717, 1.165) is 33.8 Å². The Morgan fingerprint density at radius 2 is 1.68 bits per heavy atom. The molecule has 186 valence electrons. The van der Waals surface area contributed by atoms with Gasteiger partial charge >= 0.3 is 0 Å². The Kier molecular flexibility index (Phi) is 6.33. The predicted octanol–water partition coefficient (Wildman–Crippen LogP) is 5.44. The number of aromatic nitrogens is 5. The van der Waals surface area contributed by atoms with Gasteiger partial charge in [0.15, 0.2) is 5.82 Å². The Morgan fingerprint density at radius 3 is 2.39 bits per heavy atom. The molecule has 0 saturated heterocycles. The first kappa shape index (κ1) is 23.8. The summed E-state index contributed by atoms with van der Waals surface area (Å²) in [6, 6.07) is 24.7. The molecule has 6 rings (SSSR count). The number of hydrogen-bond acceptors (Lipinski definition) is 6. The number of fused-ring (bicyclic) bond motifs is 1. The Balaban J connectivity index is 1.44. The van der Waals surface area contributed by atoms with Crippen LogP contribution in [0.1, 0.15) is 5.56 Å². The van der Waals surface area contributed by atoms with Crippen molar-refractivity contribution >= 4 is 34.0 Å². The van der Waals surface area contributed by atoms with Crippen LogP contribution >= 0.6 is 22.9 Å². The number of halogens is 1. The number of hydrogen-bond donors (Lipinski definition) is 0. The molecule has 7 nitrogen and oxygen atoms in total. The Labute approximate surface area is 226 Å². The minimum atomic E-state index is -0.232. The molecular weight excluding hydrogens is 518 g/mol. The minimum absolute atomic E-state index is 0.232. The second kappa shape index (κ2) is 10.1. The van der Waals surface area contributed by atoms with Gasteiger partial charge in [0, 0.05) is 27.9 Å². The van der Waals surface area contributed by atoms with Gasteiger partial charge in [-0.25, -0.2) is 4.68 Å². The molecule has 0 aliphatic heterocycles. The monoisotopic (exact) mass is 537 g/mol. The first-order chi connectivity index (χ1) is 18.6. The van der Waals surface area contributed by atoms with Gasteiger partial charge in [-0.2, -0.15) is 14.6 Å². The highest BCUT2D eigenvalue weighted by molar-refractivity contribution is 7.15. The van der Waals surface area contributed by atoms with E-state index in [1.165, 1.54) is 15.9 Å². The fourth-order valence-electron chi connectivity index (χ4n) is 3.99. The van der Waals surface area contributed by atoms with Crippen molar-refractivity contribution in [1.82, 2.24) is 24.4 Å². The number of benzene rings is 3. The third-order valence-electron chi connectivity index (χ3n) is 5.83. The maximum absolute atomic E-state index is 13.3. The third kappa shape index (κ3) is 4.63. The van der Waals surface area contributed by atoms with Gasteiger partial charge in [0.2, 0.25) is 4.96 Å². The normalized spacial score (nSPS) is 11.8. The largest absolute Gasteiger partial charge is 0.490 e. The lowest BCUT2D eigenvalue weighted by Gasteiger charge is -2.04.